The Bertz CT molecular complexity index is 971. The highest BCUT2D eigenvalue weighted by atomic mass is 16.7. The Balaban J connectivity index is 1.36. The summed E-state index contributed by atoms with van der Waals surface area (Å²) in [5.74, 6) is 0. The number of rotatable bonds is 3. The molecule has 2 aliphatic heterocycles. The van der Waals surface area contributed by atoms with Crippen molar-refractivity contribution >= 4 is 17.5 Å². The molecule has 0 atom stereocenters. The van der Waals surface area contributed by atoms with E-state index in [1.54, 1.807) is 5.06 Å². The molecular weight excluding hydrogens is 390 g/mol. The molecule has 0 bridgehead atoms. The van der Waals surface area contributed by atoms with Crippen molar-refractivity contribution in [2.45, 2.75) is 51.6 Å². The molecule has 2 N–H and O–H groups in total. The zero-order valence-corrected chi connectivity index (χ0v) is 18.7. The Kier molecular flexibility index (Phi) is 5.77. The van der Waals surface area contributed by atoms with E-state index in [-0.39, 0.29) is 11.0 Å². The molecule has 2 aromatic rings. The van der Waals surface area contributed by atoms with E-state index in [9.17, 15) is 4.79 Å². The van der Waals surface area contributed by atoms with Crippen molar-refractivity contribution in [3.8, 4) is 0 Å². The average Bonchev–Trinajstić information content (AvgIpc) is 3.15. The molecule has 6 nitrogen and oxygen atoms in total. The van der Waals surface area contributed by atoms with Gasteiger partial charge in [-0.25, -0.2) is 4.79 Å². The number of hydrogen-bond acceptors (Lipinski definition) is 5. The number of anilines is 1. The number of nitrogens with zero attached hydrogens (tertiary/aromatic N) is 1. The van der Waals surface area contributed by atoms with Crippen LogP contribution in [-0.2, 0) is 15.1 Å². The van der Waals surface area contributed by atoms with Gasteiger partial charge < -0.3 is 4.84 Å². The number of carbonyl (C=O) groups excluding carboxylic acids is 1. The molecule has 0 saturated carbocycles. The molecule has 2 aromatic carbocycles. The van der Waals surface area contributed by atoms with Crippen LogP contribution in [0.25, 0.3) is 5.70 Å². The molecule has 0 radical (unpaired) electrons. The van der Waals surface area contributed by atoms with Crippen LogP contribution in [0.2, 0.25) is 0 Å². The van der Waals surface area contributed by atoms with Gasteiger partial charge in [-0.1, -0.05) is 69.3 Å². The van der Waals surface area contributed by atoms with E-state index < -0.39 is 6.09 Å². The third kappa shape index (κ3) is 4.75. The van der Waals surface area contributed by atoms with E-state index in [0.29, 0.717) is 13.1 Å². The maximum atomic E-state index is 12.6. The fourth-order valence-corrected chi connectivity index (χ4v) is 4.14. The number of hydrogen-bond donors (Lipinski definition) is 2. The van der Waals surface area contributed by atoms with E-state index in [4.69, 9.17) is 9.68 Å². The number of piperidine rings is 1. The van der Waals surface area contributed by atoms with Gasteiger partial charge in [0.05, 0.1) is 11.4 Å². The molecule has 1 fully saturated rings. The predicted molar refractivity (Wildman–Crippen MR) is 122 cm³/mol. The Morgan fingerprint density at radius 2 is 1.81 bits per heavy atom. The zero-order chi connectivity index (χ0) is 22.1. The van der Waals surface area contributed by atoms with Crippen LogP contribution in [0.5, 0.6) is 0 Å². The number of carbonyl (C=O) groups is 1. The highest BCUT2D eigenvalue weighted by molar-refractivity contribution is 5.87. The summed E-state index contributed by atoms with van der Waals surface area (Å²) in [4.78, 5) is 24.2. The minimum atomic E-state index is -0.457. The largest absolute Gasteiger partial charge is 0.430 e. The van der Waals surface area contributed by atoms with Gasteiger partial charge >= 0.3 is 6.09 Å². The molecule has 4 rings (SSSR count). The molecule has 164 valence electrons. The van der Waals surface area contributed by atoms with Gasteiger partial charge in [0.15, 0.2) is 0 Å². The summed E-state index contributed by atoms with van der Waals surface area (Å²) in [6.07, 6.45) is 3.17. The second kappa shape index (κ2) is 8.36. The summed E-state index contributed by atoms with van der Waals surface area (Å²) in [5, 5.41) is 4.68. The monoisotopic (exact) mass is 421 g/mol. The minimum absolute atomic E-state index is 0.0816. The van der Waals surface area contributed by atoms with Crippen molar-refractivity contribution in [2.24, 2.45) is 0 Å². The SMILES string of the molecule is Cc1cccc(C(C)(C)C)c1NC(=O)ON1CCC2(C=C(c3ccccc3)NO2)CC1. The van der Waals surface area contributed by atoms with E-state index >= 15 is 0 Å². The highest BCUT2D eigenvalue weighted by Crippen LogP contribution is 2.35. The summed E-state index contributed by atoms with van der Waals surface area (Å²) in [6.45, 7) is 9.61. The maximum absolute atomic E-state index is 12.6. The second-order valence-electron chi connectivity index (χ2n) is 9.37. The highest BCUT2D eigenvalue weighted by Gasteiger charge is 2.39. The van der Waals surface area contributed by atoms with E-state index in [0.717, 1.165) is 40.9 Å². The van der Waals surface area contributed by atoms with Crippen LogP contribution >= 0.6 is 0 Å². The zero-order valence-electron chi connectivity index (χ0n) is 18.7. The number of nitrogens with one attached hydrogen (secondary N) is 2. The molecule has 0 aromatic heterocycles. The standard InChI is InChI=1S/C25H31N3O3/c1-18-9-8-12-20(24(2,3)4)22(18)26-23(29)30-28-15-13-25(14-16-28)17-21(27-31-25)19-10-6-5-7-11-19/h5-12,17,27H,13-16H2,1-4H3,(H,26,29). The number of hydroxylamine groups is 3. The topological polar surface area (TPSA) is 62.8 Å². The fraction of sp³-hybridized carbons (Fsp3) is 0.400. The molecule has 1 amide bonds. The van der Waals surface area contributed by atoms with E-state index in [2.05, 4.69) is 49.8 Å². The number of amides is 1. The lowest BCUT2D eigenvalue weighted by molar-refractivity contribution is -0.153. The Hall–Kier alpha value is -2.83. The van der Waals surface area contributed by atoms with Gasteiger partial charge in [0.2, 0.25) is 0 Å². The van der Waals surface area contributed by atoms with E-state index in [1.165, 1.54) is 0 Å². The van der Waals surface area contributed by atoms with Crippen molar-refractivity contribution < 1.29 is 14.5 Å². The predicted octanol–water partition coefficient (Wildman–Crippen LogP) is 5.17. The molecular formula is C25H31N3O3. The lowest BCUT2D eigenvalue weighted by Gasteiger charge is -2.35. The smallest absolute Gasteiger partial charge is 0.351 e. The molecule has 31 heavy (non-hydrogen) atoms. The van der Waals surface area contributed by atoms with Crippen molar-refractivity contribution in [2.75, 3.05) is 18.4 Å². The maximum Gasteiger partial charge on any atom is 0.430 e. The van der Waals surface area contributed by atoms with Crippen molar-refractivity contribution in [1.29, 1.82) is 0 Å². The van der Waals surface area contributed by atoms with Crippen LogP contribution in [0.15, 0.2) is 54.6 Å². The normalized spacial score (nSPS) is 18.4. The Morgan fingerprint density at radius 1 is 1.10 bits per heavy atom. The van der Waals surface area contributed by atoms with Crippen molar-refractivity contribution in [1.82, 2.24) is 10.5 Å². The van der Waals surface area contributed by atoms with Crippen LogP contribution in [0.4, 0.5) is 10.5 Å². The Morgan fingerprint density at radius 3 is 2.48 bits per heavy atom. The number of aryl methyl sites for hydroxylation is 1. The average molecular weight is 422 g/mol. The number of benzene rings is 2. The summed E-state index contributed by atoms with van der Waals surface area (Å²) >= 11 is 0. The summed E-state index contributed by atoms with van der Waals surface area (Å²) in [7, 11) is 0. The molecule has 2 aliphatic rings. The summed E-state index contributed by atoms with van der Waals surface area (Å²) < 4.78 is 0. The summed E-state index contributed by atoms with van der Waals surface area (Å²) in [6, 6.07) is 16.2. The van der Waals surface area contributed by atoms with Crippen LogP contribution in [0.3, 0.4) is 0 Å². The van der Waals surface area contributed by atoms with Crippen LogP contribution in [-0.4, -0.2) is 29.8 Å². The van der Waals surface area contributed by atoms with Gasteiger partial charge in [0.1, 0.15) is 5.60 Å². The van der Waals surface area contributed by atoms with Gasteiger partial charge in [-0.2, -0.15) is 0 Å². The third-order valence-corrected chi connectivity index (χ3v) is 5.95. The van der Waals surface area contributed by atoms with Crippen LogP contribution < -0.4 is 10.8 Å². The first-order valence-electron chi connectivity index (χ1n) is 10.8. The van der Waals surface area contributed by atoms with Crippen LogP contribution in [0, 0.1) is 6.92 Å². The van der Waals surface area contributed by atoms with Crippen molar-refractivity contribution in [3.63, 3.8) is 0 Å². The van der Waals surface area contributed by atoms with Gasteiger partial charge in [-0.15, -0.1) is 5.06 Å². The van der Waals surface area contributed by atoms with E-state index in [1.807, 2.05) is 43.3 Å². The lowest BCUT2D eigenvalue weighted by atomic mass is 9.84. The first-order valence-corrected chi connectivity index (χ1v) is 10.8. The first-order chi connectivity index (χ1) is 14.8. The molecule has 1 spiro atoms. The molecule has 0 unspecified atom stereocenters. The molecule has 6 heteroatoms. The second-order valence-corrected chi connectivity index (χ2v) is 9.37. The van der Waals surface area contributed by atoms with Gasteiger partial charge in [-0.05, 0) is 47.9 Å². The first kappa shape index (κ1) is 21.4. The van der Waals surface area contributed by atoms with Gasteiger partial charge in [0.25, 0.3) is 0 Å². The fourth-order valence-electron chi connectivity index (χ4n) is 4.14. The third-order valence-electron chi connectivity index (χ3n) is 5.95. The summed E-state index contributed by atoms with van der Waals surface area (Å²) in [5.41, 5.74) is 7.65. The molecule has 2 heterocycles. The van der Waals surface area contributed by atoms with Gasteiger partial charge in [-0.3, -0.25) is 15.6 Å². The minimum Gasteiger partial charge on any atom is -0.351 e. The molecule has 1 saturated heterocycles. The van der Waals surface area contributed by atoms with Crippen LogP contribution in [0.1, 0.15) is 50.3 Å². The van der Waals surface area contributed by atoms with Gasteiger partial charge in [0, 0.05) is 13.1 Å². The quantitative estimate of drug-likeness (QED) is 0.716. The number of para-hydroxylation sites is 1. The lowest BCUT2D eigenvalue weighted by Crippen LogP contribution is -2.45. The Labute approximate surface area is 184 Å². The molecule has 0 aliphatic carbocycles. The van der Waals surface area contributed by atoms with Crippen molar-refractivity contribution in [3.05, 3.63) is 71.3 Å².